The van der Waals surface area contributed by atoms with Crippen molar-refractivity contribution in [1.82, 2.24) is 0 Å². The number of anilines is 1. The topological polar surface area (TPSA) is 3.24 Å². The fourth-order valence-electron chi connectivity index (χ4n) is 1.45. The summed E-state index contributed by atoms with van der Waals surface area (Å²) in [6.45, 7) is 2.07. The Hall–Kier alpha value is -1.47. The van der Waals surface area contributed by atoms with E-state index in [4.69, 9.17) is 11.6 Å². The van der Waals surface area contributed by atoms with E-state index in [1.165, 1.54) is 5.57 Å². The molecule has 1 aromatic carbocycles. The number of hydrogen-bond donors (Lipinski definition) is 0. The largest absolute Gasteiger partial charge is 0.324 e. The van der Waals surface area contributed by atoms with Crippen LogP contribution in [0.5, 0.6) is 0 Å². The molecular formula is C13H12ClN. The lowest BCUT2D eigenvalue weighted by atomic mass is 10.3. The lowest BCUT2D eigenvalue weighted by Crippen LogP contribution is -2.06. The van der Waals surface area contributed by atoms with Gasteiger partial charge in [-0.2, -0.15) is 0 Å². The first-order chi connectivity index (χ1) is 7.25. The van der Waals surface area contributed by atoms with Gasteiger partial charge in [-0.25, -0.2) is 0 Å². The van der Waals surface area contributed by atoms with Crippen LogP contribution in [0.3, 0.4) is 0 Å². The molecule has 0 bridgehead atoms. The molecule has 0 radical (unpaired) electrons. The van der Waals surface area contributed by atoms with Gasteiger partial charge >= 0.3 is 0 Å². The third kappa shape index (κ3) is 2.51. The number of allylic oxidation sites excluding steroid dienone is 4. The van der Waals surface area contributed by atoms with Crippen molar-refractivity contribution in [1.29, 1.82) is 0 Å². The van der Waals surface area contributed by atoms with Crippen LogP contribution in [-0.4, -0.2) is 0 Å². The molecule has 0 saturated heterocycles. The van der Waals surface area contributed by atoms with E-state index in [0.717, 1.165) is 10.7 Å². The van der Waals surface area contributed by atoms with Gasteiger partial charge in [-0.15, -0.1) is 0 Å². The third-order valence-electron chi connectivity index (χ3n) is 2.17. The maximum absolute atomic E-state index is 5.95. The van der Waals surface area contributed by atoms with Crippen LogP contribution in [0.25, 0.3) is 0 Å². The van der Waals surface area contributed by atoms with Crippen LogP contribution in [0.2, 0.25) is 5.02 Å². The minimum Gasteiger partial charge on any atom is -0.324 e. The van der Waals surface area contributed by atoms with E-state index in [1.807, 2.05) is 42.6 Å². The predicted molar refractivity (Wildman–Crippen MR) is 66.0 cm³/mol. The lowest BCUT2D eigenvalue weighted by molar-refractivity contribution is 1.26. The van der Waals surface area contributed by atoms with Gasteiger partial charge in [0.2, 0.25) is 0 Å². The maximum atomic E-state index is 5.95. The van der Waals surface area contributed by atoms with E-state index in [0.29, 0.717) is 0 Å². The van der Waals surface area contributed by atoms with Gasteiger partial charge in [0.1, 0.15) is 0 Å². The molecule has 0 aromatic heterocycles. The molecule has 1 heterocycles. The summed E-state index contributed by atoms with van der Waals surface area (Å²) < 4.78 is 0. The van der Waals surface area contributed by atoms with Crippen molar-refractivity contribution in [2.45, 2.75) is 6.92 Å². The van der Waals surface area contributed by atoms with Gasteiger partial charge in [-0.3, -0.25) is 0 Å². The van der Waals surface area contributed by atoms with Gasteiger partial charge in [-0.1, -0.05) is 29.8 Å². The van der Waals surface area contributed by atoms with Crippen LogP contribution in [-0.2, 0) is 0 Å². The predicted octanol–water partition coefficient (Wildman–Crippen LogP) is 4.13. The van der Waals surface area contributed by atoms with Crippen molar-refractivity contribution in [2.24, 2.45) is 0 Å². The molecule has 15 heavy (non-hydrogen) atoms. The SMILES string of the molecule is CC1=CN(c2cccc(Cl)c2)C=CC=C1. The monoisotopic (exact) mass is 217 g/mol. The lowest BCUT2D eigenvalue weighted by Gasteiger charge is -2.15. The quantitative estimate of drug-likeness (QED) is 0.684. The van der Waals surface area contributed by atoms with Crippen molar-refractivity contribution in [3.63, 3.8) is 0 Å². The fourth-order valence-corrected chi connectivity index (χ4v) is 1.64. The van der Waals surface area contributed by atoms with E-state index in [-0.39, 0.29) is 0 Å². The molecule has 0 spiro atoms. The highest BCUT2D eigenvalue weighted by Crippen LogP contribution is 2.21. The molecule has 0 unspecified atom stereocenters. The first-order valence-electron chi connectivity index (χ1n) is 4.83. The second-order valence-electron chi connectivity index (χ2n) is 3.46. The number of nitrogens with zero attached hydrogens (tertiary/aromatic N) is 1. The van der Waals surface area contributed by atoms with E-state index < -0.39 is 0 Å². The fraction of sp³-hybridized carbons (Fsp3) is 0.0769. The minimum absolute atomic E-state index is 0.754. The molecule has 0 saturated carbocycles. The Labute approximate surface area is 95.0 Å². The van der Waals surface area contributed by atoms with Gasteiger partial charge < -0.3 is 4.90 Å². The summed E-state index contributed by atoms with van der Waals surface area (Å²) in [5, 5.41) is 0.754. The Morgan fingerprint density at radius 2 is 2.07 bits per heavy atom. The molecule has 0 aliphatic carbocycles. The Bertz CT molecular complexity index is 444. The minimum atomic E-state index is 0.754. The Balaban J connectivity index is 2.35. The number of rotatable bonds is 1. The highest BCUT2D eigenvalue weighted by Gasteiger charge is 2.01. The first kappa shape index (κ1) is 10.1. The molecule has 2 rings (SSSR count). The zero-order chi connectivity index (χ0) is 10.7. The molecule has 1 aromatic rings. The smallest absolute Gasteiger partial charge is 0.0464 e. The average molecular weight is 218 g/mol. The Kier molecular flexibility index (Phi) is 2.93. The first-order valence-corrected chi connectivity index (χ1v) is 5.21. The number of hydrogen-bond acceptors (Lipinski definition) is 1. The van der Waals surface area contributed by atoms with Crippen molar-refractivity contribution in [2.75, 3.05) is 4.90 Å². The normalized spacial score (nSPS) is 15.1. The molecule has 1 aliphatic rings. The summed E-state index contributed by atoms with van der Waals surface area (Å²) in [4.78, 5) is 2.06. The van der Waals surface area contributed by atoms with Crippen molar-refractivity contribution < 1.29 is 0 Å². The van der Waals surface area contributed by atoms with Crippen LogP contribution < -0.4 is 4.90 Å². The van der Waals surface area contributed by atoms with Gasteiger partial charge in [0, 0.05) is 23.1 Å². The molecule has 0 atom stereocenters. The van der Waals surface area contributed by atoms with Crippen LogP contribution >= 0.6 is 11.6 Å². The average Bonchev–Trinajstić information content (AvgIpc) is 2.43. The summed E-state index contributed by atoms with van der Waals surface area (Å²) in [6.07, 6.45) is 10.2. The van der Waals surface area contributed by atoms with Crippen molar-refractivity contribution >= 4 is 17.3 Å². The van der Waals surface area contributed by atoms with E-state index in [1.54, 1.807) is 0 Å². The second-order valence-corrected chi connectivity index (χ2v) is 3.90. The van der Waals surface area contributed by atoms with Gasteiger partial charge in [-0.05, 0) is 36.8 Å². The van der Waals surface area contributed by atoms with E-state index >= 15 is 0 Å². The van der Waals surface area contributed by atoms with Crippen LogP contribution in [0, 0.1) is 0 Å². The van der Waals surface area contributed by atoms with Crippen molar-refractivity contribution in [3.8, 4) is 0 Å². The molecule has 0 N–H and O–H groups in total. The summed E-state index contributed by atoms with van der Waals surface area (Å²) in [7, 11) is 0. The van der Waals surface area contributed by atoms with Gasteiger partial charge in [0.05, 0.1) is 0 Å². The van der Waals surface area contributed by atoms with Crippen molar-refractivity contribution in [3.05, 3.63) is 65.5 Å². The zero-order valence-electron chi connectivity index (χ0n) is 8.52. The third-order valence-corrected chi connectivity index (χ3v) is 2.40. The molecule has 1 aliphatic heterocycles. The van der Waals surface area contributed by atoms with E-state index in [9.17, 15) is 0 Å². The molecule has 0 fully saturated rings. The Morgan fingerprint density at radius 1 is 1.20 bits per heavy atom. The van der Waals surface area contributed by atoms with Gasteiger partial charge in [0.15, 0.2) is 0 Å². The maximum Gasteiger partial charge on any atom is 0.0464 e. The van der Waals surface area contributed by atoms with Gasteiger partial charge in [0.25, 0.3) is 0 Å². The summed E-state index contributed by atoms with van der Waals surface area (Å²) in [6, 6.07) is 7.81. The number of benzene rings is 1. The zero-order valence-corrected chi connectivity index (χ0v) is 9.28. The molecule has 0 amide bonds. The standard InChI is InChI=1S/C13H12ClN/c1-11-5-2-3-8-15(10-11)13-7-4-6-12(14)9-13/h2-10H,1H3. The highest BCUT2D eigenvalue weighted by atomic mass is 35.5. The van der Waals surface area contributed by atoms with Crippen LogP contribution in [0.1, 0.15) is 6.92 Å². The molecule has 1 nitrogen and oxygen atoms in total. The Morgan fingerprint density at radius 3 is 2.87 bits per heavy atom. The summed E-state index contributed by atoms with van der Waals surface area (Å²) in [5.74, 6) is 0. The molecular weight excluding hydrogens is 206 g/mol. The second kappa shape index (κ2) is 4.37. The summed E-state index contributed by atoms with van der Waals surface area (Å²) in [5.41, 5.74) is 2.28. The molecule has 76 valence electrons. The number of halogens is 1. The van der Waals surface area contributed by atoms with Crippen LogP contribution in [0.15, 0.2) is 60.5 Å². The summed E-state index contributed by atoms with van der Waals surface area (Å²) >= 11 is 5.95. The van der Waals surface area contributed by atoms with E-state index in [2.05, 4.69) is 24.1 Å². The van der Waals surface area contributed by atoms with Crippen LogP contribution in [0.4, 0.5) is 5.69 Å². The molecule has 2 heteroatoms. The highest BCUT2D eigenvalue weighted by molar-refractivity contribution is 6.30.